The molecule has 0 bridgehead atoms. The van der Waals surface area contributed by atoms with E-state index in [0.29, 0.717) is 0 Å². The summed E-state index contributed by atoms with van der Waals surface area (Å²) in [4.78, 5) is 1.50. The molecule has 3 heteroatoms. The molecule has 0 saturated heterocycles. The number of rotatable bonds is 2. The van der Waals surface area contributed by atoms with Gasteiger partial charge in [0.2, 0.25) is 0 Å². The van der Waals surface area contributed by atoms with Crippen LogP contribution in [0.25, 0.3) is 0 Å². The van der Waals surface area contributed by atoms with Crippen LogP contribution >= 0.6 is 24.6 Å². The lowest BCUT2D eigenvalue weighted by Crippen LogP contribution is -2.25. The van der Waals surface area contributed by atoms with E-state index in [-0.39, 0.29) is 29.0 Å². The van der Waals surface area contributed by atoms with Gasteiger partial charge in [0.05, 0.1) is 0 Å². The van der Waals surface area contributed by atoms with E-state index in [0.717, 1.165) is 0 Å². The summed E-state index contributed by atoms with van der Waals surface area (Å²) in [5.74, 6) is 0. The molecule has 0 aromatic heterocycles. The lowest BCUT2D eigenvalue weighted by Gasteiger charge is -2.29. The summed E-state index contributed by atoms with van der Waals surface area (Å²) < 4.78 is 1.56. The molecule has 0 aliphatic rings. The van der Waals surface area contributed by atoms with Gasteiger partial charge in [0, 0.05) is 0 Å². The average molecular weight is 340 g/mol. The highest BCUT2D eigenvalue weighted by Gasteiger charge is 2.24. The van der Waals surface area contributed by atoms with Crippen molar-refractivity contribution in [3.63, 3.8) is 0 Å². The number of hydrogen-bond donors (Lipinski definition) is 0. The van der Waals surface area contributed by atoms with Gasteiger partial charge in [0.25, 0.3) is 0 Å². The molecule has 0 aliphatic heterocycles. The largest absolute Gasteiger partial charge is 0.508 e. The fourth-order valence-electron chi connectivity index (χ4n) is 2.02. The normalized spacial score (nSPS) is 12.4. The topological polar surface area (TPSA) is 0 Å². The average Bonchev–Trinajstić information content (AvgIpc) is 2.24. The van der Waals surface area contributed by atoms with Gasteiger partial charge in [0.15, 0.2) is 0 Å². The van der Waals surface area contributed by atoms with Crippen LogP contribution in [-0.2, 0) is 10.8 Å². The Morgan fingerprint density at radius 3 is 1.89 bits per heavy atom. The first kappa shape index (κ1) is 16.9. The molecule has 0 radical (unpaired) electrons. The van der Waals surface area contributed by atoms with Crippen LogP contribution in [0.5, 0.6) is 0 Å². The van der Waals surface area contributed by atoms with Crippen molar-refractivity contribution in [2.24, 2.45) is 0 Å². The Kier molecular flexibility index (Phi) is 5.69. The molecule has 0 aliphatic carbocycles. The van der Waals surface area contributed by atoms with E-state index < -0.39 is 0 Å². The predicted molar refractivity (Wildman–Crippen MR) is 89.9 cm³/mol. The zero-order chi connectivity index (χ0) is 14.1. The first-order valence-electron chi connectivity index (χ1n) is 6.39. The van der Waals surface area contributed by atoms with Crippen molar-refractivity contribution in [3.05, 3.63) is 23.3 Å². The quantitative estimate of drug-likeness (QED) is 0.558. The summed E-state index contributed by atoms with van der Waals surface area (Å²) in [6.45, 7) is 13.8. The summed E-state index contributed by atoms with van der Waals surface area (Å²) in [5, 5.41) is 0. The molecular formula is C15H23BrMgS. The SMILES string of the molecule is CSc1[c]([Mg][Br])cc(C(C)(C)C)cc1C(C)(C)C. The Hall–Kier alpha value is 0.816. The van der Waals surface area contributed by atoms with Crippen LogP contribution in [0.1, 0.15) is 52.7 Å². The highest BCUT2D eigenvalue weighted by atomic mass is 79.9. The van der Waals surface area contributed by atoms with Gasteiger partial charge in [-0.25, -0.2) is 0 Å². The zero-order valence-electron chi connectivity index (χ0n) is 12.6. The maximum Gasteiger partial charge on any atom is 0.508 e. The van der Waals surface area contributed by atoms with Crippen LogP contribution in [0.15, 0.2) is 17.0 Å². The van der Waals surface area contributed by atoms with Crippen molar-refractivity contribution < 1.29 is 0 Å². The minimum absolute atomic E-state index is 0.213. The summed E-state index contributed by atoms with van der Waals surface area (Å²) in [5.41, 5.74) is 3.41. The maximum absolute atomic E-state index is 3.78. The summed E-state index contributed by atoms with van der Waals surface area (Å²) in [7, 11) is 0. The molecule has 1 rings (SSSR count). The van der Waals surface area contributed by atoms with Crippen LogP contribution < -0.4 is 3.69 Å². The molecular weight excluding hydrogens is 316 g/mol. The zero-order valence-corrected chi connectivity index (χ0v) is 16.5. The first-order valence-corrected chi connectivity index (χ1v) is 12.2. The smallest absolute Gasteiger partial charge is 0.296 e. The van der Waals surface area contributed by atoms with Gasteiger partial charge in [-0.1, -0.05) is 53.7 Å². The highest BCUT2D eigenvalue weighted by molar-refractivity contribution is 9.23. The van der Waals surface area contributed by atoms with E-state index in [4.69, 9.17) is 0 Å². The Bertz CT molecular complexity index is 427. The lowest BCUT2D eigenvalue weighted by atomic mass is 9.80. The Morgan fingerprint density at radius 2 is 1.56 bits per heavy atom. The van der Waals surface area contributed by atoms with E-state index >= 15 is 0 Å². The molecule has 0 unspecified atom stereocenters. The van der Waals surface area contributed by atoms with Gasteiger partial charge in [-0.05, 0) is 33.1 Å². The summed E-state index contributed by atoms with van der Waals surface area (Å²) in [6.07, 6.45) is 2.20. The molecule has 98 valence electrons. The van der Waals surface area contributed by atoms with E-state index in [9.17, 15) is 0 Å². The maximum atomic E-state index is 3.78. The summed E-state index contributed by atoms with van der Waals surface area (Å²) >= 11 is 5.36. The fraction of sp³-hybridized carbons (Fsp3) is 0.600. The molecule has 0 amide bonds. The van der Waals surface area contributed by atoms with Crippen molar-refractivity contribution in [2.45, 2.75) is 57.3 Å². The molecule has 0 N–H and O–H groups in total. The second kappa shape index (κ2) is 6.07. The van der Waals surface area contributed by atoms with Gasteiger partial charge in [0.1, 0.15) is 0 Å². The van der Waals surface area contributed by atoms with E-state index in [2.05, 4.69) is 72.8 Å². The Morgan fingerprint density at radius 1 is 1.00 bits per heavy atom. The Balaban J connectivity index is 3.57. The minimum atomic E-state index is -0.316. The van der Waals surface area contributed by atoms with Crippen LogP contribution in [0, 0.1) is 0 Å². The lowest BCUT2D eigenvalue weighted by molar-refractivity contribution is 0.561. The molecule has 0 nitrogen and oxygen atoms in total. The molecule has 0 saturated carbocycles. The molecule has 0 spiro atoms. The number of thioether (sulfide) groups is 1. The van der Waals surface area contributed by atoms with Crippen molar-refractivity contribution in [1.29, 1.82) is 0 Å². The van der Waals surface area contributed by atoms with Crippen molar-refractivity contribution in [2.75, 3.05) is 6.26 Å². The van der Waals surface area contributed by atoms with Crippen molar-refractivity contribution >= 4 is 46.5 Å². The van der Waals surface area contributed by atoms with Crippen molar-refractivity contribution in [3.8, 4) is 0 Å². The minimum Gasteiger partial charge on any atom is -0.296 e. The van der Waals surface area contributed by atoms with Gasteiger partial charge in [-0.3, -0.25) is 12.9 Å². The number of halogens is 1. The molecule has 0 fully saturated rings. The van der Waals surface area contributed by atoms with E-state index in [1.165, 1.54) is 16.0 Å². The Labute approximate surface area is 132 Å². The van der Waals surface area contributed by atoms with Crippen LogP contribution in [0.3, 0.4) is 0 Å². The second-order valence-electron chi connectivity index (χ2n) is 6.85. The van der Waals surface area contributed by atoms with Crippen LogP contribution in [0.4, 0.5) is 0 Å². The third-order valence-corrected chi connectivity index (χ3v) is 6.99. The van der Waals surface area contributed by atoms with E-state index in [1.54, 1.807) is 3.69 Å². The van der Waals surface area contributed by atoms with Crippen molar-refractivity contribution in [1.82, 2.24) is 0 Å². The molecule has 18 heavy (non-hydrogen) atoms. The molecule has 1 aromatic rings. The van der Waals surface area contributed by atoms with E-state index in [1.807, 2.05) is 11.8 Å². The predicted octanol–water partition coefficient (Wildman–Crippen LogP) is 4.64. The number of benzene rings is 1. The fourth-order valence-corrected chi connectivity index (χ4v) is 6.07. The van der Waals surface area contributed by atoms with Gasteiger partial charge in [-0.2, -0.15) is 0 Å². The highest BCUT2D eigenvalue weighted by Crippen LogP contribution is 2.34. The second-order valence-corrected chi connectivity index (χ2v) is 10.4. The third-order valence-electron chi connectivity index (χ3n) is 3.19. The van der Waals surface area contributed by atoms with Gasteiger partial charge >= 0.3 is 18.2 Å². The summed E-state index contributed by atoms with van der Waals surface area (Å²) in [6, 6.07) is 4.84. The van der Waals surface area contributed by atoms with Crippen LogP contribution in [0.2, 0.25) is 0 Å². The number of hydrogen-bond acceptors (Lipinski definition) is 1. The first-order chi connectivity index (χ1) is 8.11. The molecule has 0 heterocycles. The molecule has 1 aromatic carbocycles. The van der Waals surface area contributed by atoms with Gasteiger partial charge in [-0.15, -0.1) is 15.5 Å². The van der Waals surface area contributed by atoms with Crippen LogP contribution in [-0.4, -0.2) is 24.4 Å². The molecule has 0 atom stereocenters. The third kappa shape index (κ3) is 3.91. The monoisotopic (exact) mass is 338 g/mol. The van der Waals surface area contributed by atoms with Gasteiger partial charge < -0.3 is 0 Å². The standard InChI is InChI=1S/C15H23S.BrH.Mg/c1-14(2,3)11-8-9-13(16-7)12(10-11)15(4,5)6;;/h8,10H,1-7H3;1H;/q;;+1/p-1.